The average molecular weight is 214 g/mol. The first-order valence-corrected chi connectivity index (χ1v) is 5.20. The molecule has 0 aliphatic carbocycles. The van der Waals surface area contributed by atoms with E-state index in [-0.39, 0.29) is 0 Å². The number of methoxy groups -OCH3 is 1. The summed E-state index contributed by atoms with van der Waals surface area (Å²) in [5.41, 5.74) is 2.22. The predicted octanol–water partition coefficient (Wildman–Crippen LogP) is 2.38. The Hall–Kier alpha value is -1.90. The van der Waals surface area contributed by atoms with Gasteiger partial charge in [-0.15, -0.1) is 0 Å². The Bertz CT molecular complexity index is 469. The number of nitrogens with zero attached hydrogens (tertiary/aromatic N) is 2. The van der Waals surface area contributed by atoms with Crippen LogP contribution in [-0.4, -0.2) is 17.1 Å². The molecule has 0 spiro atoms. The maximum Gasteiger partial charge on any atom is 0.216 e. The molecule has 0 atom stereocenters. The number of aromatic nitrogens is 2. The molecule has 0 aliphatic heterocycles. The van der Waals surface area contributed by atoms with Crippen molar-refractivity contribution in [2.45, 2.75) is 13.3 Å². The molecule has 0 bridgehead atoms. The van der Waals surface area contributed by atoms with E-state index in [1.165, 1.54) is 5.56 Å². The van der Waals surface area contributed by atoms with Crippen LogP contribution in [0.1, 0.15) is 17.1 Å². The largest absolute Gasteiger partial charge is 0.481 e. The molecule has 0 unspecified atom stereocenters. The SMILES string of the molecule is COc1cc(Cc2ccccc2)nc(C)n1. The van der Waals surface area contributed by atoms with Crippen LogP contribution < -0.4 is 4.74 Å². The zero-order valence-electron chi connectivity index (χ0n) is 9.47. The lowest BCUT2D eigenvalue weighted by molar-refractivity contribution is 0.394. The Balaban J connectivity index is 2.24. The van der Waals surface area contributed by atoms with Crippen LogP contribution >= 0.6 is 0 Å². The van der Waals surface area contributed by atoms with Gasteiger partial charge in [-0.25, -0.2) is 4.98 Å². The van der Waals surface area contributed by atoms with E-state index in [4.69, 9.17) is 4.74 Å². The summed E-state index contributed by atoms with van der Waals surface area (Å²) in [5.74, 6) is 1.36. The maximum atomic E-state index is 5.12. The van der Waals surface area contributed by atoms with Crippen LogP contribution in [0.3, 0.4) is 0 Å². The fourth-order valence-corrected chi connectivity index (χ4v) is 1.60. The third-order valence-corrected chi connectivity index (χ3v) is 2.30. The Morgan fingerprint density at radius 2 is 1.88 bits per heavy atom. The van der Waals surface area contributed by atoms with Gasteiger partial charge in [0.1, 0.15) is 5.82 Å². The highest BCUT2D eigenvalue weighted by Crippen LogP contribution is 2.12. The second-order valence-electron chi connectivity index (χ2n) is 3.61. The van der Waals surface area contributed by atoms with Gasteiger partial charge in [-0.1, -0.05) is 30.3 Å². The summed E-state index contributed by atoms with van der Waals surface area (Å²) in [6, 6.07) is 12.1. The zero-order chi connectivity index (χ0) is 11.4. The van der Waals surface area contributed by atoms with E-state index in [9.17, 15) is 0 Å². The summed E-state index contributed by atoms with van der Waals surface area (Å²) in [5, 5.41) is 0. The van der Waals surface area contributed by atoms with Crippen LogP contribution in [0.15, 0.2) is 36.4 Å². The lowest BCUT2D eigenvalue weighted by atomic mass is 10.1. The lowest BCUT2D eigenvalue weighted by Gasteiger charge is -2.05. The second kappa shape index (κ2) is 4.75. The van der Waals surface area contributed by atoms with Gasteiger partial charge in [-0.2, -0.15) is 4.98 Å². The summed E-state index contributed by atoms with van der Waals surface area (Å²) in [6.45, 7) is 1.87. The maximum absolute atomic E-state index is 5.12. The number of benzene rings is 1. The highest BCUT2D eigenvalue weighted by molar-refractivity contribution is 5.24. The van der Waals surface area contributed by atoms with Gasteiger partial charge in [0.2, 0.25) is 5.88 Å². The first-order valence-electron chi connectivity index (χ1n) is 5.20. The van der Waals surface area contributed by atoms with Crippen molar-refractivity contribution >= 4 is 0 Å². The second-order valence-corrected chi connectivity index (χ2v) is 3.61. The molecule has 0 radical (unpaired) electrons. The van der Waals surface area contributed by atoms with Crippen molar-refractivity contribution in [3.8, 4) is 5.88 Å². The molecule has 0 aliphatic rings. The Morgan fingerprint density at radius 1 is 1.12 bits per heavy atom. The summed E-state index contributed by atoms with van der Waals surface area (Å²) >= 11 is 0. The fourth-order valence-electron chi connectivity index (χ4n) is 1.60. The van der Waals surface area contributed by atoms with Gasteiger partial charge < -0.3 is 4.74 Å². The Labute approximate surface area is 95.1 Å². The van der Waals surface area contributed by atoms with Crippen molar-refractivity contribution in [3.05, 3.63) is 53.5 Å². The van der Waals surface area contributed by atoms with E-state index in [1.807, 2.05) is 31.2 Å². The van der Waals surface area contributed by atoms with E-state index >= 15 is 0 Å². The van der Waals surface area contributed by atoms with E-state index < -0.39 is 0 Å². The van der Waals surface area contributed by atoms with Crippen molar-refractivity contribution in [1.82, 2.24) is 9.97 Å². The molecule has 2 rings (SSSR count). The summed E-state index contributed by atoms with van der Waals surface area (Å²) in [4.78, 5) is 8.55. The Kier molecular flexibility index (Phi) is 3.15. The van der Waals surface area contributed by atoms with Crippen LogP contribution in [0, 0.1) is 6.92 Å². The highest BCUT2D eigenvalue weighted by Gasteiger charge is 2.02. The van der Waals surface area contributed by atoms with Crippen molar-refractivity contribution < 1.29 is 4.74 Å². The molecule has 1 aromatic carbocycles. The minimum absolute atomic E-state index is 0.624. The topological polar surface area (TPSA) is 35.0 Å². The smallest absolute Gasteiger partial charge is 0.216 e. The van der Waals surface area contributed by atoms with E-state index in [2.05, 4.69) is 22.1 Å². The van der Waals surface area contributed by atoms with Gasteiger partial charge >= 0.3 is 0 Å². The quantitative estimate of drug-likeness (QED) is 0.786. The fraction of sp³-hybridized carbons (Fsp3) is 0.231. The van der Waals surface area contributed by atoms with Gasteiger partial charge in [-0.3, -0.25) is 0 Å². The van der Waals surface area contributed by atoms with Gasteiger partial charge in [0.25, 0.3) is 0 Å². The third-order valence-electron chi connectivity index (χ3n) is 2.30. The van der Waals surface area contributed by atoms with Crippen LogP contribution in [0.5, 0.6) is 5.88 Å². The molecule has 0 fully saturated rings. The van der Waals surface area contributed by atoms with Crippen molar-refractivity contribution in [3.63, 3.8) is 0 Å². The van der Waals surface area contributed by atoms with Crippen molar-refractivity contribution in [2.75, 3.05) is 7.11 Å². The molecule has 3 nitrogen and oxygen atoms in total. The van der Waals surface area contributed by atoms with Crippen molar-refractivity contribution in [1.29, 1.82) is 0 Å². The van der Waals surface area contributed by atoms with Crippen LogP contribution in [0.4, 0.5) is 0 Å². The van der Waals surface area contributed by atoms with Gasteiger partial charge in [0.05, 0.1) is 12.8 Å². The third kappa shape index (κ3) is 2.57. The molecule has 2 aromatic rings. The van der Waals surface area contributed by atoms with Crippen molar-refractivity contribution in [2.24, 2.45) is 0 Å². The molecule has 1 aromatic heterocycles. The molecule has 0 N–H and O–H groups in total. The lowest BCUT2D eigenvalue weighted by Crippen LogP contribution is -1.99. The molecular formula is C13H14N2O. The van der Waals surface area contributed by atoms with Gasteiger partial charge in [0.15, 0.2) is 0 Å². The monoisotopic (exact) mass is 214 g/mol. The number of ether oxygens (including phenoxy) is 1. The molecule has 0 amide bonds. The van der Waals surface area contributed by atoms with Gasteiger partial charge in [-0.05, 0) is 12.5 Å². The van der Waals surface area contributed by atoms with E-state index in [0.717, 1.165) is 17.9 Å². The molecule has 82 valence electrons. The molecule has 0 saturated carbocycles. The standard InChI is InChI=1S/C13H14N2O/c1-10-14-12(9-13(15-10)16-2)8-11-6-4-3-5-7-11/h3-7,9H,8H2,1-2H3. The zero-order valence-corrected chi connectivity index (χ0v) is 9.47. The molecule has 1 heterocycles. The minimum atomic E-state index is 0.624. The summed E-state index contributed by atoms with van der Waals surface area (Å²) < 4.78 is 5.12. The normalized spacial score (nSPS) is 10.1. The molecule has 3 heteroatoms. The van der Waals surface area contributed by atoms with Gasteiger partial charge in [0, 0.05) is 12.5 Å². The number of aryl methyl sites for hydroxylation is 1. The summed E-state index contributed by atoms with van der Waals surface area (Å²) in [6.07, 6.45) is 0.806. The highest BCUT2D eigenvalue weighted by atomic mass is 16.5. The average Bonchev–Trinajstić information content (AvgIpc) is 2.29. The minimum Gasteiger partial charge on any atom is -0.481 e. The number of hydrogen-bond acceptors (Lipinski definition) is 3. The number of rotatable bonds is 3. The number of hydrogen-bond donors (Lipinski definition) is 0. The molecular weight excluding hydrogens is 200 g/mol. The Morgan fingerprint density at radius 3 is 2.56 bits per heavy atom. The first kappa shape index (κ1) is 10.6. The molecule has 16 heavy (non-hydrogen) atoms. The first-order chi connectivity index (χ1) is 7.78. The van der Waals surface area contributed by atoms with Crippen LogP contribution in [0.2, 0.25) is 0 Å². The summed E-state index contributed by atoms with van der Waals surface area (Å²) in [7, 11) is 1.62. The van der Waals surface area contributed by atoms with E-state index in [1.54, 1.807) is 7.11 Å². The predicted molar refractivity (Wildman–Crippen MR) is 62.6 cm³/mol. The van der Waals surface area contributed by atoms with Crippen LogP contribution in [-0.2, 0) is 6.42 Å². The molecule has 0 saturated heterocycles. The van der Waals surface area contributed by atoms with Crippen LogP contribution in [0.25, 0.3) is 0 Å². The van der Waals surface area contributed by atoms with E-state index in [0.29, 0.717) is 5.88 Å².